The average Bonchev–Trinajstić information content (AvgIpc) is 2.52. The molecule has 1 unspecified atom stereocenters. The zero-order valence-corrected chi connectivity index (χ0v) is 13.1. The lowest BCUT2D eigenvalue weighted by Gasteiger charge is -2.35. The van der Waals surface area contributed by atoms with Crippen LogP contribution >= 0.6 is 0 Å². The highest BCUT2D eigenvalue weighted by Crippen LogP contribution is 2.25. The van der Waals surface area contributed by atoms with Gasteiger partial charge in [-0.2, -0.15) is 0 Å². The van der Waals surface area contributed by atoms with Crippen LogP contribution in [-0.4, -0.2) is 30.7 Å². The fraction of sp³-hybridized carbons (Fsp3) is 0.500. The van der Waals surface area contributed by atoms with E-state index in [-0.39, 0.29) is 0 Å². The van der Waals surface area contributed by atoms with Gasteiger partial charge in [-0.1, -0.05) is 25.1 Å². The highest BCUT2D eigenvalue weighted by Gasteiger charge is 2.21. The average molecular weight is 283 g/mol. The Morgan fingerprint density at radius 2 is 2.19 bits per heavy atom. The third-order valence-electron chi connectivity index (χ3n) is 4.29. The van der Waals surface area contributed by atoms with E-state index in [0.717, 1.165) is 31.0 Å². The van der Waals surface area contributed by atoms with Gasteiger partial charge in [0, 0.05) is 24.5 Å². The number of piperidine rings is 1. The molecule has 1 aliphatic rings. The topological polar surface area (TPSA) is 28.2 Å². The highest BCUT2D eigenvalue weighted by molar-refractivity contribution is 5.81. The first kappa shape index (κ1) is 14.3. The van der Waals surface area contributed by atoms with Gasteiger partial charge in [-0.25, -0.2) is 4.98 Å². The molecule has 1 atom stereocenters. The number of nitrogens with zero attached hydrogens (tertiary/aromatic N) is 2. The molecule has 3 nitrogen and oxygen atoms in total. The summed E-state index contributed by atoms with van der Waals surface area (Å²) >= 11 is 0. The van der Waals surface area contributed by atoms with Gasteiger partial charge in [-0.15, -0.1) is 0 Å². The third-order valence-corrected chi connectivity index (χ3v) is 4.29. The number of pyridine rings is 1. The molecule has 0 aliphatic carbocycles. The van der Waals surface area contributed by atoms with Crippen molar-refractivity contribution in [1.82, 2.24) is 10.3 Å². The van der Waals surface area contributed by atoms with Crippen LogP contribution in [0.4, 0.5) is 5.82 Å². The third kappa shape index (κ3) is 3.18. The van der Waals surface area contributed by atoms with E-state index in [2.05, 4.69) is 54.4 Å². The molecular formula is C18H25N3. The van der Waals surface area contributed by atoms with E-state index in [1.807, 2.05) is 0 Å². The highest BCUT2D eigenvalue weighted by atomic mass is 15.2. The summed E-state index contributed by atoms with van der Waals surface area (Å²) in [6.45, 7) is 7.71. The number of anilines is 1. The molecule has 1 fully saturated rings. The van der Waals surface area contributed by atoms with Gasteiger partial charge in [0.2, 0.25) is 0 Å². The minimum Gasteiger partial charge on any atom is -0.355 e. The number of hydrogen-bond acceptors (Lipinski definition) is 3. The molecule has 112 valence electrons. The van der Waals surface area contributed by atoms with Crippen molar-refractivity contribution < 1.29 is 0 Å². The number of rotatable bonds is 4. The van der Waals surface area contributed by atoms with Crippen LogP contribution in [0.3, 0.4) is 0 Å². The van der Waals surface area contributed by atoms with Crippen LogP contribution in [0.25, 0.3) is 10.9 Å². The Kier molecular flexibility index (Phi) is 4.39. The number of para-hydroxylation sites is 1. The Morgan fingerprint density at radius 1 is 1.33 bits per heavy atom. The van der Waals surface area contributed by atoms with Crippen molar-refractivity contribution in [2.24, 2.45) is 0 Å². The Hall–Kier alpha value is -1.61. The van der Waals surface area contributed by atoms with Crippen molar-refractivity contribution >= 4 is 16.7 Å². The van der Waals surface area contributed by atoms with Gasteiger partial charge in [0.1, 0.15) is 5.82 Å². The van der Waals surface area contributed by atoms with Gasteiger partial charge in [0.05, 0.1) is 5.52 Å². The van der Waals surface area contributed by atoms with Gasteiger partial charge in [0.15, 0.2) is 0 Å². The monoisotopic (exact) mass is 283 g/mol. The molecule has 0 radical (unpaired) electrons. The van der Waals surface area contributed by atoms with E-state index in [9.17, 15) is 0 Å². The van der Waals surface area contributed by atoms with Crippen LogP contribution in [0.2, 0.25) is 0 Å². The van der Waals surface area contributed by atoms with E-state index >= 15 is 0 Å². The van der Waals surface area contributed by atoms with E-state index in [0.29, 0.717) is 6.04 Å². The summed E-state index contributed by atoms with van der Waals surface area (Å²) in [6, 6.07) is 11.3. The first-order valence-corrected chi connectivity index (χ1v) is 8.12. The quantitative estimate of drug-likeness (QED) is 0.930. The molecular weight excluding hydrogens is 258 g/mol. The van der Waals surface area contributed by atoms with Gasteiger partial charge >= 0.3 is 0 Å². The summed E-state index contributed by atoms with van der Waals surface area (Å²) in [6.07, 6.45) is 3.72. The summed E-state index contributed by atoms with van der Waals surface area (Å²) < 4.78 is 0. The molecule has 21 heavy (non-hydrogen) atoms. The van der Waals surface area contributed by atoms with Crippen LogP contribution in [0, 0.1) is 6.92 Å². The predicted molar refractivity (Wildman–Crippen MR) is 90.0 cm³/mol. The molecule has 1 saturated heterocycles. The van der Waals surface area contributed by atoms with Crippen LogP contribution in [0.1, 0.15) is 31.7 Å². The number of fused-ring (bicyclic) bond motifs is 1. The maximum absolute atomic E-state index is 4.91. The van der Waals surface area contributed by atoms with Crippen LogP contribution in [0.15, 0.2) is 30.3 Å². The lowest BCUT2D eigenvalue weighted by molar-refractivity contribution is 0.421. The molecule has 0 spiro atoms. The molecule has 0 saturated carbocycles. The SMILES string of the molecule is CCCNC1CCCN(c2nc3ccccc3cc2C)C1. The molecule has 0 bridgehead atoms. The lowest BCUT2D eigenvalue weighted by Crippen LogP contribution is -2.46. The molecule has 0 amide bonds. The standard InChI is InChI=1S/C18H25N3/c1-3-10-19-16-8-6-11-21(13-16)18-14(2)12-15-7-4-5-9-17(15)20-18/h4-5,7,9,12,16,19H,3,6,8,10-11,13H2,1-2H3. The van der Waals surface area contributed by atoms with E-state index < -0.39 is 0 Å². The number of aryl methyl sites for hydroxylation is 1. The Morgan fingerprint density at radius 3 is 3.05 bits per heavy atom. The first-order valence-electron chi connectivity index (χ1n) is 8.12. The fourth-order valence-electron chi connectivity index (χ4n) is 3.22. The lowest BCUT2D eigenvalue weighted by atomic mass is 10.0. The predicted octanol–water partition coefficient (Wildman–Crippen LogP) is 3.51. The second kappa shape index (κ2) is 6.44. The van der Waals surface area contributed by atoms with Crippen molar-refractivity contribution in [3.05, 3.63) is 35.9 Å². The maximum Gasteiger partial charge on any atom is 0.132 e. The molecule has 1 aromatic carbocycles. The first-order chi connectivity index (χ1) is 10.3. The van der Waals surface area contributed by atoms with Crippen molar-refractivity contribution in [3.8, 4) is 0 Å². The van der Waals surface area contributed by atoms with Gasteiger partial charge in [-0.3, -0.25) is 0 Å². The Labute approximate surface area is 127 Å². The van der Waals surface area contributed by atoms with E-state index in [4.69, 9.17) is 4.98 Å². The second-order valence-corrected chi connectivity index (χ2v) is 6.06. The van der Waals surface area contributed by atoms with Crippen molar-refractivity contribution in [2.75, 3.05) is 24.5 Å². The Balaban J connectivity index is 1.83. The minimum absolute atomic E-state index is 0.603. The summed E-state index contributed by atoms with van der Waals surface area (Å²) in [5, 5.41) is 4.89. The summed E-state index contributed by atoms with van der Waals surface area (Å²) in [7, 11) is 0. The van der Waals surface area contributed by atoms with Crippen molar-refractivity contribution in [2.45, 2.75) is 39.2 Å². The number of nitrogens with one attached hydrogen (secondary N) is 1. The van der Waals surface area contributed by atoms with E-state index in [1.54, 1.807) is 0 Å². The number of hydrogen-bond donors (Lipinski definition) is 1. The smallest absolute Gasteiger partial charge is 0.132 e. The maximum atomic E-state index is 4.91. The minimum atomic E-state index is 0.603. The summed E-state index contributed by atoms with van der Waals surface area (Å²) in [5.41, 5.74) is 2.38. The summed E-state index contributed by atoms with van der Waals surface area (Å²) in [4.78, 5) is 7.37. The molecule has 2 heterocycles. The van der Waals surface area contributed by atoms with Gasteiger partial charge in [-0.05, 0) is 50.4 Å². The normalized spacial score (nSPS) is 19.1. The molecule has 2 aromatic rings. The van der Waals surface area contributed by atoms with Gasteiger partial charge < -0.3 is 10.2 Å². The zero-order chi connectivity index (χ0) is 14.7. The number of benzene rings is 1. The van der Waals surface area contributed by atoms with Crippen molar-refractivity contribution in [3.63, 3.8) is 0 Å². The fourth-order valence-corrected chi connectivity index (χ4v) is 3.22. The van der Waals surface area contributed by atoms with Gasteiger partial charge in [0.25, 0.3) is 0 Å². The number of aromatic nitrogens is 1. The van der Waals surface area contributed by atoms with E-state index in [1.165, 1.54) is 30.2 Å². The second-order valence-electron chi connectivity index (χ2n) is 6.06. The zero-order valence-electron chi connectivity index (χ0n) is 13.1. The van der Waals surface area contributed by atoms with Crippen LogP contribution in [0.5, 0.6) is 0 Å². The molecule has 3 heteroatoms. The molecule has 3 rings (SSSR count). The molecule has 1 N–H and O–H groups in total. The van der Waals surface area contributed by atoms with Crippen LogP contribution < -0.4 is 10.2 Å². The van der Waals surface area contributed by atoms with Crippen molar-refractivity contribution in [1.29, 1.82) is 0 Å². The Bertz CT molecular complexity index is 608. The molecule has 1 aromatic heterocycles. The summed E-state index contributed by atoms with van der Waals surface area (Å²) in [5.74, 6) is 1.16. The van der Waals surface area contributed by atoms with Crippen LogP contribution in [-0.2, 0) is 0 Å². The molecule has 1 aliphatic heterocycles. The largest absolute Gasteiger partial charge is 0.355 e.